The molecule has 0 atom stereocenters. The second-order valence-electron chi connectivity index (χ2n) is 4.27. The molecule has 2 rings (SSSR count). The van der Waals surface area contributed by atoms with E-state index >= 15 is 0 Å². The third-order valence-corrected chi connectivity index (χ3v) is 3.27. The summed E-state index contributed by atoms with van der Waals surface area (Å²) < 4.78 is 0. The van der Waals surface area contributed by atoms with Crippen molar-refractivity contribution in [3.8, 4) is 0 Å². The summed E-state index contributed by atoms with van der Waals surface area (Å²) >= 11 is 5.98. The van der Waals surface area contributed by atoms with E-state index in [2.05, 4.69) is 10.3 Å². The molecule has 0 saturated heterocycles. The van der Waals surface area contributed by atoms with Crippen molar-refractivity contribution in [1.82, 2.24) is 4.98 Å². The number of amides is 1. The molecule has 98 valence electrons. The third-order valence-electron chi connectivity index (χ3n) is 2.86. The Balaban J connectivity index is 2.28. The minimum absolute atomic E-state index is 0.170. The SMILES string of the molecule is Cc1c(Cl)cccc1C(=O)Nc1c[nH]c(=O)c(C)c1. The zero-order valence-corrected chi connectivity index (χ0v) is 11.3. The molecule has 0 saturated carbocycles. The molecular weight excluding hydrogens is 264 g/mol. The number of aromatic nitrogens is 1. The smallest absolute Gasteiger partial charge is 0.256 e. The monoisotopic (exact) mass is 276 g/mol. The highest BCUT2D eigenvalue weighted by molar-refractivity contribution is 6.32. The van der Waals surface area contributed by atoms with E-state index in [9.17, 15) is 9.59 Å². The van der Waals surface area contributed by atoms with E-state index in [0.29, 0.717) is 21.8 Å². The van der Waals surface area contributed by atoms with Gasteiger partial charge in [0.05, 0.1) is 5.69 Å². The molecule has 0 unspecified atom stereocenters. The Morgan fingerprint density at radius 2 is 2.05 bits per heavy atom. The lowest BCUT2D eigenvalue weighted by Gasteiger charge is -2.08. The molecular formula is C14H13ClN2O2. The van der Waals surface area contributed by atoms with Crippen LogP contribution in [0.5, 0.6) is 0 Å². The van der Waals surface area contributed by atoms with Crippen molar-refractivity contribution in [2.45, 2.75) is 13.8 Å². The molecule has 4 nitrogen and oxygen atoms in total. The normalized spacial score (nSPS) is 10.3. The van der Waals surface area contributed by atoms with Crippen LogP contribution in [0.25, 0.3) is 0 Å². The first kappa shape index (κ1) is 13.4. The number of aromatic amines is 1. The van der Waals surface area contributed by atoms with Crippen molar-refractivity contribution in [3.05, 3.63) is 62.5 Å². The summed E-state index contributed by atoms with van der Waals surface area (Å²) in [5.41, 5.74) is 2.15. The molecule has 0 spiro atoms. The highest BCUT2D eigenvalue weighted by atomic mass is 35.5. The molecule has 2 aromatic rings. The van der Waals surface area contributed by atoms with E-state index in [1.54, 1.807) is 38.1 Å². The van der Waals surface area contributed by atoms with Gasteiger partial charge in [0.1, 0.15) is 0 Å². The van der Waals surface area contributed by atoms with Gasteiger partial charge in [-0.2, -0.15) is 0 Å². The Hall–Kier alpha value is -2.07. The van der Waals surface area contributed by atoms with Crippen LogP contribution in [-0.4, -0.2) is 10.9 Å². The van der Waals surface area contributed by atoms with E-state index in [1.165, 1.54) is 6.20 Å². The fourth-order valence-electron chi connectivity index (χ4n) is 1.72. The van der Waals surface area contributed by atoms with Gasteiger partial charge in [-0.25, -0.2) is 0 Å². The molecule has 19 heavy (non-hydrogen) atoms. The van der Waals surface area contributed by atoms with Crippen LogP contribution >= 0.6 is 11.6 Å². The number of rotatable bonds is 2. The predicted molar refractivity (Wildman–Crippen MR) is 75.9 cm³/mol. The Bertz CT molecular complexity index is 692. The number of nitrogens with one attached hydrogen (secondary N) is 2. The van der Waals surface area contributed by atoms with Crippen LogP contribution in [0.1, 0.15) is 21.5 Å². The maximum absolute atomic E-state index is 12.1. The molecule has 0 bridgehead atoms. The fraction of sp³-hybridized carbons (Fsp3) is 0.143. The van der Waals surface area contributed by atoms with Gasteiger partial charge in [-0.05, 0) is 37.6 Å². The molecule has 0 aliphatic rings. The van der Waals surface area contributed by atoms with Crippen LogP contribution in [0.2, 0.25) is 5.02 Å². The van der Waals surface area contributed by atoms with E-state index in [1.807, 2.05) is 0 Å². The van der Waals surface area contributed by atoms with Gasteiger partial charge >= 0.3 is 0 Å². The van der Waals surface area contributed by atoms with Gasteiger partial charge in [-0.15, -0.1) is 0 Å². The van der Waals surface area contributed by atoms with Gasteiger partial charge in [0.15, 0.2) is 0 Å². The van der Waals surface area contributed by atoms with Gasteiger partial charge < -0.3 is 10.3 Å². The Kier molecular flexibility index (Phi) is 3.71. The summed E-state index contributed by atoms with van der Waals surface area (Å²) in [5.74, 6) is -0.258. The third kappa shape index (κ3) is 2.85. The average molecular weight is 277 g/mol. The lowest BCUT2D eigenvalue weighted by atomic mass is 10.1. The number of hydrogen-bond acceptors (Lipinski definition) is 2. The van der Waals surface area contributed by atoms with Crippen molar-refractivity contribution in [2.75, 3.05) is 5.32 Å². The first-order valence-corrected chi connectivity index (χ1v) is 6.12. The zero-order valence-electron chi connectivity index (χ0n) is 10.6. The summed E-state index contributed by atoms with van der Waals surface area (Å²) in [4.78, 5) is 25.9. The number of carbonyl (C=O) groups excluding carboxylic acids is 1. The number of pyridine rings is 1. The lowest BCUT2D eigenvalue weighted by molar-refractivity contribution is 0.102. The van der Waals surface area contributed by atoms with Crippen molar-refractivity contribution < 1.29 is 4.79 Å². The number of anilines is 1. The van der Waals surface area contributed by atoms with Crippen molar-refractivity contribution in [2.24, 2.45) is 0 Å². The summed E-state index contributed by atoms with van der Waals surface area (Å²) in [7, 11) is 0. The number of halogens is 1. The molecule has 0 aliphatic carbocycles. The number of aryl methyl sites for hydroxylation is 1. The maximum atomic E-state index is 12.1. The summed E-state index contributed by atoms with van der Waals surface area (Å²) in [6, 6.07) is 6.78. The molecule has 1 heterocycles. The first-order valence-electron chi connectivity index (χ1n) is 5.75. The molecule has 1 aromatic heterocycles. The largest absolute Gasteiger partial charge is 0.327 e. The van der Waals surface area contributed by atoms with Crippen molar-refractivity contribution >= 4 is 23.2 Å². The molecule has 0 aliphatic heterocycles. The highest BCUT2D eigenvalue weighted by Gasteiger charge is 2.11. The number of benzene rings is 1. The van der Waals surface area contributed by atoms with Crippen LogP contribution in [-0.2, 0) is 0 Å². The van der Waals surface area contributed by atoms with Gasteiger partial charge in [0.2, 0.25) is 0 Å². The predicted octanol–water partition coefficient (Wildman–Crippen LogP) is 2.90. The first-order chi connectivity index (χ1) is 8.99. The number of H-pyrrole nitrogens is 1. The molecule has 0 radical (unpaired) electrons. The topological polar surface area (TPSA) is 62.0 Å². The standard InChI is InChI=1S/C14H13ClN2O2/c1-8-6-10(7-16-13(8)18)17-14(19)11-4-3-5-12(15)9(11)2/h3-7H,1-2H3,(H,16,18)(H,17,19). The fourth-order valence-corrected chi connectivity index (χ4v) is 1.90. The van der Waals surface area contributed by atoms with Crippen molar-refractivity contribution in [3.63, 3.8) is 0 Å². The van der Waals surface area contributed by atoms with E-state index in [4.69, 9.17) is 11.6 Å². The number of hydrogen-bond donors (Lipinski definition) is 2. The summed E-state index contributed by atoms with van der Waals surface area (Å²) in [6.07, 6.45) is 1.47. The molecule has 2 N–H and O–H groups in total. The van der Waals surface area contributed by atoms with Crippen LogP contribution in [0, 0.1) is 13.8 Å². The second-order valence-corrected chi connectivity index (χ2v) is 4.67. The van der Waals surface area contributed by atoms with Crippen LogP contribution in [0.15, 0.2) is 35.3 Å². The van der Waals surface area contributed by atoms with Crippen LogP contribution < -0.4 is 10.9 Å². The summed E-state index contributed by atoms with van der Waals surface area (Å²) in [6.45, 7) is 3.47. The molecule has 1 amide bonds. The van der Waals surface area contributed by atoms with E-state index in [0.717, 1.165) is 5.56 Å². The summed E-state index contributed by atoms with van der Waals surface area (Å²) in [5, 5.41) is 3.27. The minimum atomic E-state index is -0.258. The molecule has 1 aromatic carbocycles. The van der Waals surface area contributed by atoms with Crippen molar-refractivity contribution in [1.29, 1.82) is 0 Å². The minimum Gasteiger partial charge on any atom is -0.327 e. The quantitative estimate of drug-likeness (QED) is 0.886. The zero-order chi connectivity index (χ0) is 14.0. The van der Waals surface area contributed by atoms with Gasteiger partial charge in [-0.3, -0.25) is 9.59 Å². The van der Waals surface area contributed by atoms with Gasteiger partial charge in [0.25, 0.3) is 11.5 Å². The van der Waals surface area contributed by atoms with Crippen LogP contribution in [0.4, 0.5) is 5.69 Å². The molecule has 5 heteroatoms. The Labute approximate surface area is 115 Å². The lowest BCUT2D eigenvalue weighted by Crippen LogP contribution is -2.16. The Morgan fingerprint density at radius 1 is 1.32 bits per heavy atom. The average Bonchev–Trinajstić information content (AvgIpc) is 2.37. The van der Waals surface area contributed by atoms with E-state index in [-0.39, 0.29) is 11.5 Å². The van der Waals surface area contributed by atoms with E-state index < -0.39 is 0 Å². The highest BCUT2D eigenvalue weighted by Crippen LogP contribution is 2.19. The number of carbonyl (C=O) groups is 1. The van der Waals surface area contributed by atoms with Crippen LogP contribution in [0.3, 0.4) is 0 Å². The Morgan fingerprint density at radius 3 is 2.74 bits per heavy atom. The van der Waals surface area contributed by atoms with Gasteiger partial charge in [-0.1, -0.05) is 17.7 Å². The molecule has 0 fully saturated rings. The van der Waals surface area contributed by atoms with Gasteiger partial charge in [0, 0.05) is 22.3 Å². The maximum Gasteiger partial charge on any atom is 0.256 e. The second kappa shape index (κ2) is 5.28.